The number of fused-ring (bicyclic) bond motifs is 1. The molecule has 0 fully saturated rings. The van der Waals surface area contributed by atoms with Gasteiger partial charge >= 0.3 is 0 Å². The van der Waals surface area contributed by atoms with Crippen molar-refractivity contribution in [2.75, 3.05) is 5.73 Å². The van der Waals surface area contributed by atoms with Crippen molar-refractivity contribution in [3.63, 3.8) is 0 Å². The summed E-state index contributed by atoms with van der Waals surface area (Å²) in [4.78, 5) is 4.43. The molecule has 5 heteroatoms. The van der Waals surface area contributed by atoms with Crippen molar-refractivity contribution in [3.8, 4) is 0 Å². The van der Waals surface area contributed by atoms with Crippen LogP contribution in [0.5, 0.6) is 0 Å². The lowest BCUT2D eigenvalue weighted by Crippen LogP contribution is -2.11. The Morgan fingerprint density at radius 2 is 2.00 bits per heavy atom. The predicted octanol–water partition coefficient (Wildman–Crippen LogP) is 3.14. The first-order chi connectivity index (χ1) is 9.49. The average molecular weight is 270 g/mol. The molecule has 1 atom stereocenters. The van der Waals surface area contributed by atoms with E-state index in [2.05, 4.69) is 30.1 Å². The maximum atomic E-state index is 6.11. The molecule has 3 aromatic rings. The molecule has 5 nitrogen and oxygen atoms in total. The van der Waals surface area contributed by atoms with Crippen molar-refractivity contribution in [1.29, 1.82) is 0 Å². The third kappa shape index (κ3) is 1.78. The van der Waals surface area contributed by atoms with Crippen molar-refractivity contribution in [3.05, 3.63) is 40.8 Å². The molecule has 2 heterocycles. The number of aryl methyl sites for hydroxylation is 3. The molecule has 0 amide bonds. The second kappa shape index (κ2) is 4.37. The lowest BCUT2D eigenvalue weighted by Gasteiger charge is -2.16. The van der Waals surface area contributed by atoms with Crippen LogP contribution in [0.3, 0.4) is 0 Å². The van der Waals surface area contributed by atoms with Crippen LogP contribution in [0.4, 0.5) is 5.95 Å². The summed E-state index contributed by atoms with van der Waals surface area (Å²) in [6, 6.07) is 6.18. The fourth-order valence-corrected chi connectivity index (χ4v) is 2.84. The lowest BCUT2D eigenvalue weighted by atomic mass is 10.1. The van der Waals surface area contributed by atoms with Gasteiger partial charge in [-0.15, -0.1) is 0 Å². The molecule has 20 heavy (non-hydrogen) atoms. The maximum absolute atomic E-state index is 6.11. The molecule has 0 saturated heterocycles. The smallest absolute Gasteiger partial charge is 0.201 e. The first-order valence-corrected chi connectivity index (χ1v) is 6.66. The summed E-state index contributed by atoms with van der Waals surface area (Å²) >= 11 is 0. The number of imidazole rings is 1. The highest BCUT2D eigenvalue weighted by molar-refractivity contribution is 5.79. The first-order valence-electron chi connectivity index (χ1n) is 6.66. The Bertz CT molecular complexity index is 765. The number of hydrogen-bond acceptors (Lipinski definition) is 4. The fourth-order valence-electron chi connectivity index (χ4n) is 2.84. The summed E-state index contributed by atoms with van der Waals surface area (Å²) in [5.74, 6) is 1.34. The third-order valence-corrected chi connectivity index (χ3v) is 3.77. The largest absolute Gasteiger partial charge is 0.369 e. The van der Waals surface area contributed by atoms with Crippen LogP contribution < -0.4 is 5.73 Å². The second-order valence-corrected chi connectivity index (χ2v) is 5.25. The van der Waals surface area contributed by atoms with E-state index in [1.165, 1.54) is 5.56 Å². The standard InChI is InChI=1S/C15H18N4O/c1-8-5-6-12-13(7-8)19(15(16)17-12)10(3)14-9(2)18-20-11(14)4/h5-7,10H,1-4H3,(H2,16,17). The van der Waals surface area contributed by atoms with Crippen molar-refractivity contribution < 1.29 is 4.52 Å². The lowest BCUT2D eigenvalue weighted by molar-refractivity contribution is 0.391. The van der Waals surface area contributed by atoms with E-state index >= 15 is 0 Å². The molecule has 0 aliphatic carbocycles. The number of benzene rings is 1. The van der Waals surface area contributed by atoms with Crippen LogP contribution in [-0.4, -0.2) is 14.7 Å². The van der Waals surface area contributed by atoms with Gasteiger partial charge in [0.15, 0.2) is 0 Å². The number of nitrogens with zero attached hydrogens (tertiary/aromatic N) is 3. The zero-order valence-corrected chi connectivity index (χ0v) is 12.1. The molecular formula is C15H18N4O. The fraction of sp³-hybridized carbons (Fsp3) is 0.333. The highest BCUT2D eigenvalue weighted by atomic mass is 16.5. The van der Waals surface area contributed by atoms with E-state index < -0.39 is 0 Å². The molecule has 2 aromatic heterocycles. The molecule has 0 aliphatic rings. The van der Waals surface area contributed by atoms with Gasteiger partial charge in [-0.1, -0.05) is 11.2 Å². The molecular weight excluding hydrogens is 252 g/mol. The molecule has 1 aromatic carbocycles. The summed E-state index contributed by atoms with van der Waals surface area (Å²) < 4.78 is 7.30. The summed E-state index contributed by atoms with van der Waals surface area (Å²) in [5.41, 5.74) is 11.2. The molecule has 0 aliphatic heterocycles. The SMILES string of the molecule is Cc1ccc2nc(N)n(C(C)c3c(C)noc3C)c2c1. The Balaban J connectivity index is 2.24. The van der Waals surface area contributed by atoms with Gasteiger partial charge in [-0.25, -0.2) is 4.98 Å². The minimum absolute atomic E-state index is 0.0352. The first kappa shape index (κ1) is 12.7. The Morgan fingerprint density at radius 3 is 2.65 bits per heavy atom. The van der Waals surface area contributed by atoms with E-state index in [-0.39, 0.29) is 6.04 Å². The van der Waals surface area contributed by atoms with Gasteiger partial charge < -0.3 is 14.8 Å². The van der Waals surface area contributed by atoms with Crippen LogP contribution in [0.15, 0.2) is 22.7 Å². The van der Waals surface area contributed by atoms with Gasteiger partial charge in [0.1, 0.15) is 5.76 Å². The van der Waals surface area contributed by atoms with Gasteiger partial charge in [0.2, 0.25) is 5.95 Å². The van der Waals surface area contributed by atoms with E-state index in [1.54, 1.807) is 0 Å². The predicted molar refractivity (Wildman–Crippen MR) is 78.7 cm³/mol. The van der Waals surface area contributed by atoms with Gasteiger partial charge in [0.05, 0.1) is 22.8 Å². The van der Waals surface area contributed by atoms with Crippen molar-refractivity contribution >= 4 is 17.0 Å². The van der Waals surface area contributed by atoms with E-state index in [1.807, 2.05) is 30.5 Å². The quantitative estimate of drug-likeness (QED) is 0.776. The Morgan fingerprint density at radius 1 is 1.25 bits per heavy atom. The minimum atomic E-state index is 0.0352. The molecule has 0 bridgehead atoms. The van der Waals surface area contributed by atoms with E-state index in [4.69, 9.17) is 10.3 Å². The Kier molecular flexibility index (Phi) is 2.78. The van der Waals surface area contributed by atoms with Crippen molar-refractivity contribution in [2.45, 2.75) is 33.7 Å². The number of nitrogens with two attached hydrogens (primary N) is 1. The zero-order valence-electron chi connectivity index (χ0n) is 12.1. The molecule has 104 valence electrons. The third-order valence-electron chi connectivity index (χ3n) is 3.77. The maximum Gasteiger partial charge on any atom is 0.201 e. The van der Waals surface area contributed by atoms with Gasteiger partial charge in [-0.2, -0.15) is 0 Å². The highest BCUT2D eigenvalue weighted by Crippen LogP contribution is 2.31. The Labute approximate surface area is 117 Å². The minimum Gasteiger partial charge on any atom is -0.369 e. The molecule has 2 N–H and O–H groups in total. The highest BCUT2D eigenvalue weighted by Gasteiger charge is 2.21. The normalized spacial score (nSPS) is 13.0. The number of anilines is 1. The van der Waals surface area contributed by atoms with Gasteiger partial charge in [0.25, 0.3) is 0 Å². The number of rotatable bonds is 2. The number of hydrogen-bond donors (Lipinski definition) is 1. The van der Waals surface area contributed by atoms with Crippen LogP contribution in [0, 0.1) is 20.8 Å². The van der Waals surface area contributed by atoms with Crippen LogP contribution in [0.1, 0.15) is 35.5 Å². The number of nitrogen functional groups attached to an aromatic ring is 1. The van der Waals surface area contributed by atoms with Gasteiger partial charge in [0, 0.05) is 5.56 Å². The van der Waals surface area contributed by atoms with Gasteiger partial charge in [-0.05, 0) is 45.4 Å². The second-order valence-electron chi connectivity index (χ2n) is 5.25. The van der Waals surface area contributed by atoms with E-state index in [0.717, 1.165) is 28.1 Å². The topological polar surface area (TPSA) is 69.9 Å². The van der Waals surface area contributed by atoms with Crippen LogP contribution >= 0.6 is 0 Å². The van der Waals surface area contributed by atoms with Crippen LogP contribution in [-0.2, 0) is 0 Å². The summed E-state index contributed by atoms with van der Waals surface area (Å²) in [6.45, 7) is 8.02. The molecule has 1 unspecified atom stereocenters. The zero-order chi connectivity index (χ0) is 14.4. The molecule has 3 rings (SSSR count). The summed E-state index contributed by atoms with van der Waals surface area (Å²) in [6.07, 6.45) is 0. The average Bonchev–Trinajstić information content (AvgIpc) is 2.88. The molecule has 0 spiro atoms. The van der Waals surface area contributed by atoms with Crippen LogP contribution in [0.25, 0.3) is 11.0 Å². The summed E-state index contributed by atoms with van der Waals surface area (Å²) in [7, 11) is 0. The van der Waals surface area contributed by atoms with E-state index in [0.29, 0.717) is 5.95 Å². The number of aromatic nitrogens is 3. The van der Waals surface area contributed by atoms with E-state index in [9.17, 15) is 0 Å². The summed E-state index contributed by atoms with van der Waals surface area (Å²) in [5, 5.41) is 4.02. The van der Waals surface area contributed by atoms with Gasteiger partial charge in [-0.3, -0.25) is 0 Å². The van der Waals surface area contributed by atoms with Crippen molar-refractivity contribution in [2.24, 2.45) is 0 Å². The monoisotopic (exact) mass is 270 g/mol. The molecule has 0 radical (unpaired) electrons. The Hall–Kier alpha value is -2.30. The van der Waals surface area contributed by atoms with Crippen molar-refractivity contribution in [1.82, 2.24) is 14.7 Å². The molecule has 0 saturated carbocycles. The van der Waals surface area contributed by atoms with Crippen LogP contribution in [0.2, 0.25) is 0 Å².